The highest BCUT2D eigenvalue weighted by atomic mass is 32.2. The Kier molecular flexibility index (Phi) is 6.99. The van der Waals surface area contributed by atoms with Crippen molar-refractivity contribution >= 4 is 42.0 Å². The molecule has 0 unspecified atom stereocenters. The van der Waals surface area contributed by atoms with Crippen LogP contribution in [0.5, 0.6) is 0 Å². The number of benzene rings is 1. The van der Waals surface area contributed by atoms with E-state index >= 15 is 0 Å². The predicted molar refractivity (Wildman–Crippen MR) is 98.4 cm³/mol. The fraction of sp³-hybridized carbons (Fsp3) is 0.333. The molecule has 1 amide bonds. The van der Waals surface area contributed by atoms with Gasteiger partial charge in [-0.3, -0.25) is 4.79 Å². The fourth-order valence-corrected chi connectivity index (χ4v) is 2.44. The number of carbonyl (C=O) groups excluding carboxylic acids is 1. The minimum atomic E-state index is -0.675. The van der Waals surface area contributed by atoms with Crippen molar-refractivity contribution < 1.29 is 4.79 Å². The largest absolute Gasteiger partial charge is 0.396 e. The molecule has 0 fully saturated rings. The van der Waals surface area contributed by atoms with Gasteiger partial charge in [-0.15, -0.1) is 0 Å². The van der Waals surface area contributed by atoms with Gasteiger partial charge >= 0.3 is 0 Å². The molecule has 0 saturated heterocycles. The lowest BCUT2D eigenvalue weighted by molar-refractivity contribution is -0.121. The molecule has 1 aromatic rings. The van der Waals surface area contributed by atoms with E-state index < -0.39 is 6.04 Å². The van der Waals surface area contributed by atoms with E-state index in [1.807, 2.05) is 50.4 Å². The molecule has 0 spiro atoms. The van der Waals surface area contributed by atoms with Gasteiger partial charge in [-0.2, -0.15) is 11.8 Å². The summed E-state index contributed by atoms with van der Waals surface area (Å²) in [7, 11) is 0. The van der Waals surface area contributed by atoms with Crippen LogP contribution in [0.4, 0.5) is 0 Å². The van der Waals surface area contributed by atoms with E-state index in [2.05, 4.69) is 16.4 Å². The number of nitrogens with one attached hydrogen (secondary N) is 1. The quantitative estimate of drug-likeness (QED) is 0.523. The number of hydrogen-bond donors (Lipinski definition) is 3. The first kappa shape index (κ1) is 18.6. The van der Waals surface area contributed by atoms with Crippen molar-refractivity contribution in [2.24, 2.45) is 15.9 Å². The van der Waals surface area contributed by atoms with Gasteiger partial charge in [-0.25, -0.2) is 4.40 Å². The summed E-state index contributed by atoms with van der Waals surface area (Å²) >= 11 is 2.55. The van der Waals surface area contributed by atoms with E-state index in [0.717, 1.165) is 17.5 Å². The topological polar surface area (TPSA) is 93.5 Å². The van der Waals surface area contributed by atoms with Crippen molar-refractivity contribution in [2.75, 3.05) is 6.26 Å². The summed E-state index contributed by atoms with van der Waals surface area (Å²) in [6.07, 6.45) is 1.92. The Morgan fingerprint density at radius 3 is 2.45 bits per heavy atom. The summed E-state index contributed by atoms with van der Waals surface area (Å²) in [5.74, 6) is -0.301. The first-order chi connectivity index (χ1) is 10.3. The number of rotatable bonds is 7. The van der Waals surface area contributed by atoms with Gasteiger partial charge in [-0.05, 0) is 26.8 Å². The molecular weight excluding hydrogens is 316 g/mol. The van der Waals surface area contributed by atoms with Gasteiger partial charge in [0, 0.05) is 22.3 Å². The van der Waals surface area contributed by atoms with Crippen LogP contribution in [-0.4, -0.2) is 29.7 Å². The fourth-order valence-electron chi connectivity index (χ4n) is 1.59. The third-order valence-electron chi connectivity index (χ3n) is 3.28. The Morgan fingerprint density at radius 2 is 1.95 bits per heavy atom. The van der Waals surface area contributed by atoms with E-state index in [0.29, 0.717) is 10.7 Å². The van der Waals surface area contributed by atoms with Gasteiger partial charge in [0.05, 0.1) is 11.7 Å². The lowest BCUT2D eigenvalue weighted by Gasteiger charge is -2.28. The van der Waals surface area contributed by atoms with Gasteiger partial charge in [-0.1, -0.05) is 30.3 Å². The normalized spacial score (nSPS) is 14.0. The monoisotopic (exact) mass is 338 g/mol. The zero-order valence-electron chi connectivity index (χ0n) is 13.0. The molecule has 0 saturated carbocycles. The average molecular weight is 339 g/mol. The Hall–Kier alpha value is -1.44. The van der Waals surface area contributed by atoms with Crippen LogP contribution < -0.4 is 16.8 Å². The molecular formula is C15H22N4OS2. The Bertz CT molecular complexity index is 558. The van der Waals surface area contributed by atoms with E-state index in [9.17, 15) is 4.79 Å². The SMILES string of the molecule is C=NS/C(NC(=O)[C@@H](N)C(C)(C)SC)=C(\N)c1ccccc1. The van der Waals surface area contributed by atoms with Crippen molar-refractivity contribution in [2.45, 2.75) is 24.6 Å². The van der Waals surface area contributed by atoms with Crippen molar-refractivity contribution in [3.05, 3.63) is 40.9 Å². The molecule has 0 bridgehead atoms. The van der Waals surface area contributed by atoms with Crippen LogP contribution in [0.3, 0.4) is 0 Å². The zero-order chi connectivity index (χ0) is 16.8. The van der Waals surface area contributed by atoms with Gasteiger partial charge < -0.3 is 16.8 Å². The molecule has 0 aliphatic rings. The molecule has 0 aromatic heterocycles. The predicted octanol–water partition coefficient (Wildman–Crippen LogP) is 2.21. The summed E-state index contributed by atoms with van der Waals surface area (Å²) in [5, 5.41) is 3.19. The summed E-state index contributed by atoms with van der Waals surface area (Å²) in [6, 6.07) is 8.68. The van der Waals surface area contributed by atoms with Crippen molar-refractivity contribution in [1.29, 1.82) is 0 Å². The van der Waals surface area contributed by atoms with Crippen LogP contribution in [0.15, 0.2) is 39.8 Å². The third kappa shape index (κ3) is 4.79. The van der Waals surface area contributed by atoms with Crippen LogP contribution in [0.1, 0.15) is 19.4 Å². The van der Waals surface area contributed by atoms with Crippen molar-refractivity contribution in [1.82, 2.24) is 5.32 Å². The third-order valence-corrected chi connectivity index (χ3v) is 5.22. The van der Waals surface area contributed by atoms with Crippen LogP contribution in [0, 0.1) is 0 Å². The molecule has 120 valence electrons. The Morgan fingerprint density at radius 1 is 1.36 bits per heavy atom. The number of amides is 1. The van der Waals surface area contributed by atoms with E-state index in [-0.39, 0.29) is 10.7 Å². The molecule has 1 rings (SSSR count). The molecule has 1 aromatic carbocycles. The van der Waals surface area contributed by atoms with Gasteiger partial charge in [0.1, 0.15) is 5.03 Å². The van der Waals surface area contributed by atoms with Crippen LogP contribution >= 0.6 is 23.7 Å². The minimum Gasteiger partial charge on any atom is -0.396 e. The highest BCUT2D eigenvalue weighted by Crippen LogP contribution is 2.26. The summed E-state index contributed by atoms with van der Waals surface area (Å²) < 4.78 is 3.36. The number of carbonyl (C=O) groups is 1. The first-order valence-electron chi connectivity index (χ1n) is 6.63. The van der Waals surface area contributed by atoms with E-state index in [1.165, 1.54) is 11.8 Å². The number of thioether (sulfide) groups is 1. The van der Waals surface area contributed by atoms with E-state index in [1.54, 1.807) is 0 Å². The van der Waals surface area contributed by atoms with Crippen LogP contribution in [0.25, 0.3) is 5.70 Å². The maximum Gasteiger partial charge on any atom is 0.243 e. The van der Waals surface area contributed by atoms with E-state index in [4.69, 9.17) is 11.5 Å². The standard InChI is InChI=1S/C15H22N4OS2/c1-15(2,21-4)12(17)13(20)19-14(22-18-3)11(16)10-8-6-5-7-9-10/h5-9,12H,3,16-17H2,1-2,4H3,(H,19,20)/b14-11-/t12-/m1/s1. The Balaban J connectivity index is 3.03. The van der Waals surface area contributed by atoms with Gasteiger partial charge in [0.25, 0.3) is 0 Å². The van der Waals surface area contributed by atoms with Crippen LogP contribution in [-0.2, 0) is 4.79 Å². The van der Waals surface area contributed by atoms with Gasteiger partial charge in [0.2, 0.25) is 5.91 Å². The average Bonchev–Trinajstić information content (AvgIpc) is 2.53. The van der Waals surface area contributed by atoms with Crippen LogP contribution in [0.2, 0.25) is 0 Å². The van der Waals surface area contributed by atoms with Crippen molar-refractivity contribution in [3.8, 4) is 0 Å². The molecule has 1 atom stereocenters. The number of nitrogens with zero attached hydrogens (tertiary/aromatic N) is 1. The second kappa shape index (κ2) is 8.26. The van der Waals surface area contributed by atoms with Gasteiger partial charge in [0.15, 0.2) is 0 Å². The molecule has 7 heteroatoms. The highest BCUT2D eigenvalue weighted by Gasteiger charge is 2.32. The summed E-state index contributed by atoms with van der Waals surface area (Å²) in [4.78, 5) is 12.4. The second-order valence-electron chi connectivity index (χ2n) is 5.10. The lowest BCUT2D eigenvalue weighted by atomic mass is 10.0. The molecule has 5 N–H and O–H groups in total. The highest BCUT2D eigenvalue weighted by molar-refractivity contribution is 8.02. The smallest absolute Gasteiger partial charge is 0.243 e. The summed E-state index contributed by atoms with van der Waals surface area (Å²) in [5.41, 5.74) is 13.4. The maximum absolute atomic E-state index is 12.4. The Labute approximate surface area is 140 Å². The maximum atomic E-state index is 12.4. The number of nitrogens with two attached hydrogens (primary N) is 2. The van der Waals surface area contributed by atoms with Crippen molar-refractivity contribution in [3.63, 3.8) is 0 Å². The minimum absolute atomic E-state index is 0.301. The molecule has 0 radical (unpaired) electrons. The lowest BCUT2D eigenvalue weighted by Crippen LogP contribution is -2.51. The number of hydrogen-bond acceptors (Lipinski definition) is 6. The molecule has 0 heterocycles. The first-order valence-corrected chi connectivity index (χ1v) is 8.63. The molecule has 22 heavy (non-hydrogen) atoms. The zero-order valence-corrected chi connectivity index (χ0v) is 14.6. The second-order valence-corrected chi connectivity index (χ2v) is 7.41. The summed E-state index contributed by atoms with van der Waals surface area (Å²) in [6.45, 7) is 7.27. The molecule has 0 aliphatic heterocycles. The molecule has 0 aliphatic carbocycles. The molecule has 5 nitrogen and oxygen atoms in total.